The van der Waals surface area contributed by atoms with E-state index in [0.29, 0.717) is 0 Å². The number of carboxylic acid groups (broad SMARTS) is 1. The first-order chi connectivity index (χ1) is 8.59. The predicted molar refractivity (Wildman–Crippen MR) is 70.9 cm³/mol. The first kappa shape index (κ1) is 12.8. The van der Waals surface area contributed by atoms with Crippen LogP contribution in [0.4, 0.5) is 0 Å². The molecule has 0 bridgehead atoms. The number of aliphatic carboxylic acids is 1. The molecule has 0 spiro atoms. The molecule has 0 radical (unpaired) electrons. The number of benzene rings is 1. The minimum atomic E-state index is -0.846. The quantitative estimate of drug-likeness (QED) is 0.890. The zero-order valence-corrected chi connectivity index (χ0v) is 10.7. The van der Waals surface area contributed by atoms with Crippen LogP contribution in [-0.4, -0.2) is 16.2 Å². The number of rotatable bonds is 4. The maximum Gasteiger partial charge on any atom is 0.310 e. The van der Waals surface area contributed by atoms with Gasteiger partial charge in [0, 0.05) is 4.88 Å². The topological polar surface area (TPSA) is 57.5 Å². The summed E-state index contributed by atoms with van der Waals surface area (Å²) < 4.78 is 0. The Bertz CT molecular complexity index is 516. The van der Waals surface area contributed by atoms with Crippen LogP contribution in [0.15, 0.2) is 41.8 Å². The Balaban J connectivity index is 2.20. The molecule has 2 rings (SSSR count). The summed E-state index contributed by atoms with van der Waals surface area (Å²) in [4.78, 5) is 11.7. The summed E-state index contributed by atoms with van der Waals surface area (Å²) >= 11 is 1.50. The number of carboxylic acids is 1. The Morgan fingerprint density at radius 3 is 2.28 bits per heavy atom. The smallest absolute Gasteiger partial charge is 0.310 e. The fourth-order valence-electron chi connectivity index (χ4n) is 1.72. The van der Waals surface area contributed by atoms with Gasteiger partial charge >= 0.3 is 5.97 Å². The van der Waals surface area contributed by atoms with E-state index in [2.05, 4.69) is 0 Å². The van der Waals surface area contributed by atoms with E-state index in [0.717, 1.165) is 16.0 Å². The summed E-state index contributed by atoms with van der Waals surface area (Å²) in [5.41, 5.74) is 1.52. The maximum absolute atomic E-state index is 10.9. The molecule has 0 fully saturated rings. The summed E-state index contributed by atoms with van der Waals surface area (Å²) in [7, 11) is 0. The van der Waals surface area contributed by atoms with Crippen LogP contribution in [0.5, 0.6) is 0 Å². The van der Waals surface area contributed by atoms with E-state index in [1.165, 1.54) is 11.3 Å². The van der Waals surface area contributed by atoms with Crippen LogP contribution in [0.3, 0.4) is 0 Å². The van der Waals surface area contributed by atoms with Gasteiger partial charge in [0.05, 0.1) is 5.92 Å². The first-order valence-corrected chi connectivity index (χ1v) is 6.51. The van der Waals surface area contributed by atoms with Crippen LogP contribution in [0.1, 0.15) is 34.9 Å². The molecule has 2 unspecified atom stereocenters. The van der Waals surface area contributed by atoms with Gasteiger partial charge in [-0.1, -0.05) is 30.3 Å². The molecule has 0 saturated carbocycles. The van der Waals surface area contributed by atoms with E-state index in [1.54, 1.807) is 31.2 Å². The molecule has 2 atom stereocenters. The normalized spacial score (nSPS) is 14.1. The lowest BCUT2D eigenvalue weighted by Crippen LogP contribution is -2.07. The van der Waals surface area contributed by atoms with Crippen molar-refractivity contribution in [1.29, 1.82) is 0 Å². The molecular weight excluding hydrogens is 248 g/mol. The van der Waals surface area contributed by atoms with Crippen LogP contribution in [0, 0.1) is 0 Å². The van der Waals surface area contributed by atoms with Crippen molar-refractivity contribution >= 4 is 17.3 Å². The Kier molecular flexibility index (Phi) is 3.79. The standard InChI is InChI=1S/C14H14O3S/c1-9(14(16)17)10-4-6-11(7-5-10)13(15)12-3-2-8-18-12/h2-9,13,15H,1H3,(H,16,17). The molecule has 1 heterocycles. The molecule has 1 aromatic carbocycles. The van der Waals surface area contributed by atoms with Crippen molar-refractivity contribution in [2.24, 2.45) is 0 Å². The SMILES string of the molecule is CC(C(=O)O)c1ccc(C(O)c2cccs2)cc1. The highest BCUT2D eigenvalue weighted by molar-refractivity contribution is 7.10. The highest BCUT2D eigenvalue weighted by atomic mass is 32.1. The van der Waals surface area contributed by atoms with Crippen molar-refractivity contribution in [2.45, 2.75) is 18.9 Å². The van der Waals surface area contributed by atoms with E-state index in [4.69, 9.17) is 5.11 Å². The third-order valence-corrected chi connectivity index (χ3v) is 3.86. The summed E-state index contributed by atoms with van der Waals surface area (Å²) in [5.74, 6) is -1.38. The third-order valence-electron chi connectivity index (χ3n) is 2.94. The molecule has 4 heteroatoms. The molecule has 2 aromatic rings. The van der Waals surface area contributed by atoms with Crippen molar-refractivity contribution in [3.63, 3.8) is 0 Å². The van der Waals surface area contributed by atoms with Gasteiger partial charge in [-0.2, -0.15) is 0 Å². The Labute approximate surface area is 109 Å². The zero-order chi connectivity index (χ0) is 13.1. The molecule has 0 aliphatic rings. The fraction of sp³-hybridized carbons (Fsp3) is 0.214. The van der Waals surface area contributed by atoms with Gasteiger partial charge in [0.2, 0.25) is 0 Å². The second-order valence-electron chi connectivity index (χ2n) is 4.14. The van der Waals surface area contributed by atoms with Crippen LogP contribution in [0.25, 0.3) is 0 Å². The summed E-state index contributed by atoms with van der Waals surface area (Å²) in [5, 5.41) is 20.9. The molecule has 0 aliphatic heterocycles. The highest BCUT2D eigenvalue weighted by Gasteiger charge is 2.15. The summed E-state index contributed by atoms with van der Waals surface area (Å²) in [6.45, 7) is 1.65. The highest BCUT2D eigenvalue weighted by Crippen LogP contribution is 2.27. The number of carbonyl (C=O) groups is 1. The molecule has 3 nitrogen and oxygen atoms in total. The van der Waals surface area contributed by atoms with Gasteiger partial charge in [-0.15, -0.1) is 11.3 Å². The number of hydrogen-bond acceptors (Lipinski definition) is 3. The van der Waals surface area contributed by atoms with E-state index in [9.17, 15) is 9.90 Å². The largest absolute Gasteiger partial charge is 0.481 e. The summed E-state index contributed by atoms with van der Waals surface area (Å²) in [6.07, 6.45) is -0.640. The van der Waals surface area contributed by atoms with Gasteiger partial charge < -0.3 is 10.2 Å². The second-order valence-corrected chi connectivity index (χ2v) is 5.12. The minimum Gasteiger partial charge on any atom is -0.481 e. The zero-order valence-electron chi connectivity index (χ0n) is 9.91. The molecule has 94 valence electrons. The van der Waals surface area contributed by atoms with Gasteiger partial charge in [-0.25, -0.2) is 0 Å². The van der Waals surface area contributed by atoms with E-state index >= 15 is 0 Å². The van der Waals surface area contributed by atoms with Crippen molar-refractivity contribution in [2.75, 3.05) is 0 Å². The van der Waals surface area contributed by atoms with Crippen LogP contribution >= 0.6 is 11.3 Å². The lowest BCUT2D eigenvalue weighted by atomic mass is 9.98. The Hall–Kier alpha value is -1.65. The minimum absolute atomic E-state index is 0.530. The average Bonchev–Trinajstić information content (AvgIpc) is 2.91. The Morgan fingerprint density at radius 2 is 1.78 bits per heavy atom. The monoisotopic (exact) mass is 262 g/mol. The van der Waals surface area contributed by atoms with Gasteiger partial charge in [0.15, 0.2) is 0 Å². The number of hydrogen-bond donors (Lipinski definition) is 2. The molecular formula is C14H14O3S. The average molecular weight is 262 g/mol. The van der Waals surface area contributed by atoms with Crippen molar-refractivity contribution < 1.29 is 15.0 Å². The van der Waals surface area contributed by atoms with Crippen LogP contribution in [0.2, 0.25) is 0 Å². The lowest BCUT2D eigenvalue weighted by Gasteiger charge is -2.11. The number of aliphatic hydroxyl groups excluding tert-OH is 1. The van der Waals surface area contributed by atoms with Crippen molar-refractivity contribution in [3.05, 3.63) is 57.8 Å². The summed E-state index contributed by atoms with van der Waals surface area (Å²) in [6, 6.07) is 10.8. The van der Waals surface area contributed by atoms with Crippen molar-refractivity contribution in [1.82, 2.24) is 0 Å². The lowest BCUT2D eigenvalue weighted by molar-refractivity contribution is -0.138. The number of aliphatic hydroxyl groups is 1. The van der Waals surface area contributed by atoms with Gasteiger partial charge in [0.1, 0.15) is 6.10 Å². The van der Waals surface area contributed by atoms with E-state index in [1.807, 2.05) is 17.5 Å². The first-order valence-electron chi connectivity index (χ1n) is 5.63. The van der Waals surface area contributed by atoms with Crippen LogP contribution in [-0.2, 0) is 4.79 Å². The van der Waals surface area contributed by atoms with E-state index in [-0.39, 0.29) is 0 Å². The third kappa shape index (κ3) is 2.60. The predicted octanol–water partition coefficient (Wildman–Crippen LogP) is 3.02. The maximum atomic E-state index is 10.9. The van der Waals surface area contributed by atoms with Gasteiger partial charge in [-0.3, -0.25) is 4.79 Å². The molecule has 0 aliphatic carbocycles. The van der Waals surface area contributed by atoms with Gasteiger partial charge in [-0.05, 0) is 29.5 Å². The van der Waals surface area contributed by atoms with E-state index < -0.39 is 18.0 Å². The number of thiophene rings is 1. The van der Waals surface area contributed by atoms with Crippen molar-refractivity contribution in [3.8, 4) is 0 Å². The fourth-order valence-corrected chi connectivity index (χ4v) is 2.46. The molecule has 2 N–H and O–H groups in total. The van der Waals surface area contributed by atoms with Crippen LogP contribution < -0.4 is 0 Å². The molecule has 0 saturated heterocycles. The molecule has 0 amide bonds. The second kappa shape index (κ2) is 5.33. The molecule has 1 aromatic heterocycles. The van der Waals surface area contributed by atoms with Gasteiger partial charge in [0.25, 0.3) is 0 Å². The molecule has 18 heavy (non-hydrogen) atoms. The Morgan fingerprint density at radius 1 is 1.17 bits per heavy atom.